The Bertz CT molecular complexity index is 1180. The summed E-state index contributed by atoms with van der Waals surface area (Å²) in [5.74, 6) is -1.39. The summed E-state index contributed by atoms with van der Waals surface area (Å²) in [4.78, 5) is 40.9. The molecule has 1 aromatic heterocycles. The maximum Gasteiger partial charge on any atom is 0.287 e. The number of furan rings is 1. The van der Waals surface area contributed by atoms with Crippen LogP contribution in [0, 0.1) is 11.2 Å². The second-order valence-corrected chi connectivity index (χ2v) is 11.4. The standard InChI is InChI=1S/C28H36ClFN4O5/c1-27(2,17-29)25(37)32-20-15-18(30)8-9-21(20)34-13-10-19(22(35)16-34)31-26(38)28(11-4-3-5-12-28)33-24(36)23-7-6-14-39-23/h6-9,14-15,19,22,35H,3-5,10-13,16-17H2,1-2H3,(H,31,38)(H,32,37)(H,33,36). The van der Waals surface area contributed by atoms with Gasteiger partial charge in [0.1, 0.15) is 11.4 Å². The Morgan fingerprint density at radius 2 is 1.95 bits per heavy atom. The first-order valence-electron chi connectivity index (χ1n) is 13.3. The highest BCUT2D eigenvalue weighted by Crippen LogP contribution is 2.33. The van der Waals surface area contributed by atoms with Crippen molar-refractivity contribution < 1.29 is 28.3 Å². The Hall–Kier alpha value is -3.11. The lowest BCUT2D eigenvalue weighted by Gasteiger charge is -2.41. The highest BCUT2D eigenvalue weighted by atomic mass is 35.5. The summed E-state index contributed by atoms with van der Waals surface area (Å²) in [5, 5.41) is 19.7. The predicted octanol–water partition coefficient (Wildman–Crippen LogP) is 3.81. The van der Waals surface area contributed by atoms with Crippen LogP contribution in [0.25, 0.3) is 0 Å². The van der Waals surface area contributed by atoms with Gasteiger partial charge in [-0.05, 0) is 63.4 Å². The fraction of sp³-hybridized carbons (Fsp3) is 0.536. The summed E-state index contributed by atoms with van der Waals surface area (Å²) in [6, 6.07) is 6.72. The molecule has 212 valence electrons. The Morgan fingerprint density at radius 1 is 1.21 bits per heavy atom. The highest BCUT2D eigenvalue weighted by Gasteiger charge is 2.43. The molecule has 2 atom stereocenters. The molecule has 39 heavy (non-hydrogen) atoms. The van der Waals surface area contributed by atoms with E-state index in [-0.39, 0.29) is 35.7 Å². The molecule has 1 saturated carbocycles. The van der Waals surface area contributed by atoms with Gasteiger partial charge in [-0.25, -0.2) is 4.39 Å². The van der Waals surface area contributed by atoms with Crippen molar-refractivity contribution in [3.63, 3.8) is 0 Å². The van der Waals surface area contributed by atoms with E-state index in [1.165, 1.54) is 18.4 Å². The molecule has 4 rings (SSSR count). The maximum absolute atomic E-state index is 14.1. The van der Waals surface area contributed by atoms with Crippen LogP contribution in [-0.4, -0.2) is 59.5 Å². The molecular weight excluding hydrogens is 527 g/mol. The molecule has 11 heteroatoms. The third-order valence-electron chi connectivity index (χ3n) is 7.63. The highest BCUT2D eigenvalue weighted by molar-refractivity contribution is 6.20. The summed E-state index contributed by atoms with van der Waals surface area (Å²) in [6.07, 6.45) is 4.45. The number of β-amino-alcohol motifs (C(OH)–C–C–N with tert-alkyl or cyclic N) is 1. The number of hydrogen-bond acceptors (Lipinski definition) is 6. The lowest BCUT2D eigenvalue weighted by molar-refractivity contribution is -0.130. The quantitative estimate of drug-likeness (QED) is 0.363. The summed E-state index contributed by atoms with van der Waals surface area (Å²) < 4.78 is 19.3. The van der Waals surface area contributed by atoms with E-state index >= 15 is 0 Å². The third-order valence-corrected chi connectivity index (χ3v) is 8.30. The number of nitrogens with one attached hydrogen (secondary N) is 3. The van der Waals surface area contributed by atoms with Crippen LogP contribution in [-0.2, 0) is 9.59 Å². The van der Waals surface area contributed by atoms with Gasteiger partial charge in [0.15, 0.2) is 5.76 Å². The molecule has 2 fully saturated rings. The van der Waals surface area contributed by atoms with Crippen molar-refractivity contribution in [2.75, 3.05) is 29.2 Å². The number of carbonyl (C=O) groups excluding carboxylic acids is 3. The normalized spacial score (nSPS) is 21.2. The van der Waals surface area contributed by atoms with E-state index in [0.29, 0.717) is 31.5 Å². The van der Waals surface area contributed by atoms with Gasteiger partial charge in [0.05, 0.1) is 35.2 Å². The number of rotatable bonds is 8. The minimum atomic E-state index is -1.08. The molecule has 1 aromatic carbocycles. The summed E-state index contributed by atoms with van der Waals surface area (Å²) in [6.45, 7) is 4.00. The van der Waals surface area contributed by atoms with Crippen molar-refractivity contribution in [1.82, 2.24) is 10.6 Å². The number of piperidine rings is 1. The van der Waals surface area contributed by atoms with Crippen molar-refractivity contribution in [1.29, 1.82) is 0 Å². The van der Waals surface area contributed by atoms with Crippen LogP contribution in [0.3, 0.4) is 0 Å². The topological polar surface area (TPSA) is 124 Å². The minimum Gasteiger partial charge on any atom is -0.459 e. The van der Waals surface area contributed by atoms with Crippen LogP contribution < -0.4 is 20.9 Å². The predicted molar refractivity (Wildman–Crippen MR) is 146 cm³/mol. The molecule has 0 bridgehead atoms. The Morgan fingerprint density at radius 3 is 2.59 bits per heavy atom. The molecule has 4 N–H and O–H groups in total. The van der Waals surface area contributed by atoms with E-state index in [9.17, 15) is 23.9 Å². The number of nitrogens with zero attached hydrogens (tertiary/aromatic N) is 1. The van der Waals surface area contributed by atoms with Crippen LogP contribution in [0.4, 0.5) is 15.8 Å². The zero-order chi connectivity index (χ0) is 28.2. The van der Waals surface area contributed by atoms with E-state index in [4.69, 9.17) is 16.0 Å². The first-order chi connectivity index (χ1) is 18.5. The fourth-order valence-electron chi connectivity index (χ4n) is 5.11. The number of amides is 3. The van der Waals surface area contributed by atoms with E-state index in [2.05, 4.69) is 16.0 Å². The van der Waals surface area contributed by atoms with Gasteiger partial charge in [0.2, 0.25) is 11.8 Å². The molecule has 2 aromatic rings. The molecular formula is C28H36ClFN4O5. The Balaban J connectivity index is 1.44. The van der Waals surface area contributed by atoms with Crippen LogP contribution in [0.15, 0.2) is 41.0 Å². The molecule has 2 unspecified atom stereocenters. The number of aliphatic hydroxyl groups is 1. The number of halogens is 2. The Kier molecular flexibility index (Phi) is 8.86. The van der Waals surface area contributed by atoms with Crippen molar-refractivity contribution >= 4 is 40.7 Å². The molecule has 3 amide bonds. The second-order valence-electron chi connectivity index (χ2n) is 11.1. The summed E-state index contributed by atoms with van der Waals surface area (Å²) in [5.41, 5.74) is -1.09. The molecule has 9 nitrogen and oxygen atoms in total. The maximum atomic E-state index is 14.1. The van der Waals surface area contributed by atoms with E-state index in [1.807, 2.05) is 4.90 Å². The average molecular weight is 563 g/mol. The van der Waals surface area contributed by atoms with Gasteiger partial charge in [0.25, 0.3) is 5.91 Å². The molecule has 1 aliphatic heterocycles. The first-order valence-corrected chi connectivity index (χ1v) is 13.8. The van der Waals surface area contributed by atoms with E-state index < -0.39 is 34.8 Å². The van der Waals surface area contributed by atoms with Gasteiger partial charge >= 0.3 is 0 Å². The van der Waals surface area contributed by atoms with Gasteiger partial charge in [-0.3, -0.25) is 14.4 Å². The van der Waals surface area contributed by atoms with Crippen LogP contribution in [0.5, 0.6) is 0 Å². The number of carbonyl (C=O) groups is 3. The van der Waals surface area contributed by atoms with Crippen LogP contribution in [0.1, 0.15) is 62.9 Å². The van der Waals surface area contributed by atoms with Crippen molar-refractivity contribution in [2.24, 2.45) is 5.41 Å². The Labute approximate surface area is 232 Å². The zero-order valence-corrected chi connectivity index (χ0v) is 23.0. The molecule has 2 heterocycles. The number of anilines is 2. The number of alkyl halides is 1. The fourth-order valence-corrected chi connectivity index (χ4v) is 5.23. The van der Waals surface area contributed by atoms with Gasteiger partial charge < -0.3 is 30.4 Å². The van der Waals surface area contributed by atoms with Crippen molar-refractivity contribution in [3.05, 3.63) is 48.2 Å². The first kappa shape index (κ1) is 28.9. The molecule has 0 radical (unpaired) electrons. The van der Waals surface area contributed by atoms with E-state index in [0.717, 1.165) is 19.3 Å². The molecule has 2 aliphatic rings. The van der Waals surface area contributed by atoms with Gasteiger partial charge in [-0.15, -0.1) is 11.6 Å². The molecule has 1 saturated heterocycles. The lowest BCUT2D eigenvalue weighted by atomic mass is 9.80. The number of aliphatic hydroxyl groups excluding tert-OH is 1. The SMILES string of the molecule is CC(C)(CCl)C(=O)Nc1cc(F)ccc1N1CCC(NC(=O)C2(NC(=O)c3ccco3)CCCCC2)C(O)C1. The molecule has 1 aliphatic carbocycles. The van der Waals surface area contributed by atoms with Crippen molar-refractivity contribution in [2.45, 2.75) is 70.1 Å². The molecule has 0 spiro atoms. The number of benzene rings is 1. The monoisotopic (exact) mass is 562 g/mol. The van der Waals surface area contributed by atoms with E-state index in [1.54, 1.807) is 32.0 Å². The van der Waals surface area contributed by atoms with Crippen LogP contribution in [0.2, 0.25) is 0 Å². The minimum absolute atomic E-state index is 0.0940. The third kappa shape index (κ3) is 6.55. The van der Waals surface area contributed by atoms with Gasteiger partial charge in [-0.1, -0.05) is 19.3 Å². The van der Waals surface area contributed by atoms with Gasteiger partial charge in [0, 0.05) is 19.0 Å². The summed E-state index contributed by atoms with van der Waals surface area (Å²) in [7, 11) is 0. The largest absolute Gasteiger partial charge is 0.459 e. The van der Waals surface area contributed by atoms with Gasteiger partial charge in [-0.2, -0.15) is 0 Å². The average Bonchev–Trinajstić information content (AvgIpc) is 3.46. The zero-order valence-electron chi connectivity index (χ0n) is 22.3. The smallest absolute Gasteiger partial charge is 0.287 e. The van der Waals surface area contributed by atoms with Crippen LogP contribution >= 0.6 is 11.6 Å². The number of hydrogen-bond donors (Lipinski definition) is 4. The summed E-state index contributed by atoms with van der Waals surface area (Å²) >= 11 is 5.93. The lowest BCUT2D eigenvalue weighted by Crippen LogP contribution is -2.64. The van der Waals surface area contributed by atoms with Crippen molar-refractivity contribution in [3.8, 4) is 0 Å². The second kappa shape index (κ2) is 12.0.